The molecule has 1 heterocycles. The molecule has 1 atom stereocenters. The van der Waals surface area contributed by atoms with Crippen molar-refractivity contribution in [3.63, 3.8) is 0 Å². The molecule has 0 aromatic rings. The first-order chi connectivity index (χ1) is 6.68. The lowest BCUT2D eigenvalue weighted by molar-refractivity contribution is -0.117. The van der Waals surface area contributed by atoms with E-state index in [1.54, 1.807) is 0 Å². The quantitative estimate of drug-likeness (QED) is 0.517. The molecular formula is C11H18FNO. The molecule has 0 radical (unpaired) electrons. The van der Waals surface area contributed by atoms with Crippen LogP contribution in [0.2, 0.25) is 0 Å². The Kier molecular flexibility index (Phi) is 3.43. The van der Waals surface area contributed by atoms with Crippen LogP contribution in [0.25, 0.3) is 0 Å². The van der Waals surface area contributed by atoms with Crippen molar-refractivity contribution in [2.75, 3.05) is 6.54 Å². The van der Waals surface area contributed by atoms with Crippen molar-refractivity contribution in [3.05, 3.63) is 13.2 Å². The lowest BCUT2D eigenvalue weighted by Crippen LogP contribution is -2.35. The van der Waals surface area contributed by atoms with Gasteiger partial charge in [0.05, 0.1) is 0 Å². The van der Waals surface area contributed by atoms with Gasteiger partial charge in [-0.1, -0.05) is 12.8 Å². The van der Waals surface area contributed by atoms with E-state index in [0.29, 0.717) is 12.7 Å². The predicted octanol–water partition coefficient (Wildman–Crippen LogP) is 2.00. The van der Waals surface area contributed by atoms with Gasteiger partial charge in [0.2, 0.25) is 0 Å². The maximum atomic E-state index is 13.5. The van der Waals surface area contributed by atoms with E-state index in [9.17, 15) is 9.18 Å². The standard InChI is InChI=1S/C9H14FNO.C2H4/c10-8(7-12)5-9(11-6-8)3-1-2-4-9;1-2/h7,11H,1-6H2;1-2H2/t8-;/m1./s1. The monoisotopic (exact) mass is 199 g/mol. The maximum absolute atomic E-state index is 13.5. The number of carbonyl (C=O) groups excluding carboxylic acids is 1. The second-order valence-electron chi connectivity index (χ2n) is 4.17. The third-order valence-corrected chi connectivity index (χ3v) is 3.16. The van der Waals surface area contributed by atoms with E-state index in [-0.39, 0.29) is 12.1 Å². The van der Waals surface area contributed by atoms with Crippen LogP contribution in [0.5, 0.6) is 0 Å². The highest BCUT2D eigenvalue weighted by Crippen LogP contribution is 2.41. The maximum Gasteiger partial charge on any atom is 0.179 e. The molecule has 1 saturated carbocycles. The SMILES string of the molecule is C=C.O=C[C@]1(F)CNC2(CCCC2)C1. The zero-order valence-corrected chi connectivity index (χ0v) is 8.52. The Morgan fingerprint density at radius 3 is 2.29 bits per heavy atom. The van der Waals surface area contributed by atoms with Crippen LogP contribution in [0.4, 0.5) is 4.39 Å². The number of rotatable bonds is 1. The van der Waals surface area contributed by atoms with Gasteiger partial charge in [-0.05, 0) is 12.8 Å². The van der Waals surface area contributed by atoms with Gasteiger partial charge in [0, 0.05) is 18.5 Å². The molecule has 0 bridgehead atoms. The highest BCUT2D eigenvalue weighted by Gasteiger charge is 2.49. The molecule has 1 saturated heterocycles. The Morgan fingerprint density at radius 2 is 1.86 bits per heavy atom. The first-order valence-electron chi connectivity index (χ1n) is 5.08. The van der Waals surface area contributed by atoms with Gasteiger partial charge in [0.25, 0.3) is 0 Å². The minimum Gasteiger partial charge on any atom is -0.307 e. The van der Waals surface area contributed by atoms with Crippen LogP contribution in [-0.2, 0) is 4.79 Å². The fourth-order valence-electron chi connectivity index (χ4n) is 2.51. The van der Waals surface area contributed by atoms with Crippen LogP contribution in [0.15, 0.2) is 13.2 Å². The van der Waals surface area contributed by atoms with E-state index in [0.717, 1.165) is 12.8 Å². The molecule has 1 aliphatic heterocycles. The van der Waals surface area contributed by atoms with E-state index >= 15 is 0 Å². The van der Waals surface area contributed by atoms with Crippen molar-refractivity contribution in [3.8, 4) is 0 Å². The van der Waals surface area contributed by atoms with Gasteiger partial charge in [-0.15, -0.1) is 13.2 Å². The van der Waals surface area contributed by atoms with Crippen LogP contribution in [0, 0.1) is 0 Å². The molecule has 0 aromatic carbocycles. The normalized spacial score (nSPS) is 33.8. The van der Waals surface area contributed by atoms with E-state index < -0.39 is 5.67 Å². The van der Waals surface area contributed by atoms with Crippen molar-refractivity contribution in [2.24, 2.45) is 0 Å². The van der Waals surface area contributed by atoms with Gasteiger partial charge in [0.15, 0.2) is 12.0 Å². The van der Waals surface area contributed by atoms with E-state index in [1.165, 1.54) is 12.8 Å². The number of nitrogens with one attached hydrogen (secondary N) is 1. The summed E-state index contributed by atoms with van der Waals surface area (Å²) < 4.78 is 13.5. The summed E-state index contributed by atoms with van der Waals surface area (Å²) in [6.45, 7) is 6.22. The average molecular weight is 199 g/mol. The molecule has 2 aliphatic rings. The summed E-state index contributed by atoms with van der Waals surface area (Å²) in [5.74, 6) is 0. The number of carbonyl (C=O) groups is 1. The molecule has 1 N–H and O–H groups in total. The third kappa shape index (κ3) is 2.03. The summed E-state index contributed by atoms with van der Waals surface area (Å²) in [5, 5.41) is 3.17. The molecule has 2 rings (SSSR count). The predicted molar refractivity (Wildman–Crippen MR) is 55.0 cm³/mol. The largest absolute Gasteiger partial charge is 0.307 e. The zero-order chi connectivity index (χ0) is 10.7. The Hall–Kier alpha value is -0.700. The summed E-state index contributed by atoms with van der Waals surface area (Å²) >= 11 is 0. The Morgan fingerprint density at radius 1 is 1.29 bits per heavy atom. The zero-order valence-electron chi connectivity index (χ0n) is 8.52. The number of hydrogen-bond acceptors (Lipinski definition) is 2. The molecule has 3 heteroatoms. The molecule has 0 amide bonds. The van der Waals surface area contributed by atoms with Gasteiger partial charge < -0.3 is 5.32 Å². The summed E-state index contributed by atoms with van der Waals surface area (Å²) in [7, 11) is 0. The molecule has 2 nitrogen and oxygen atoms in total. The van der Waals surface area contributed by atoms with Crippen LogP contribution >= 0.6 is 0 Å². The third-order valence-electron chi connectivity index (χ3n) is 3.16. The van der Waals surface area contributed by atoms with Crippen molar-refractivity contribution in [1.82, 2.24) is 5.32 Å². The van der Waals surface area contributed by atoms with Gasteiger partial charge in [-0.2, -0.15) is 0 Å². The Bertz CT molecular complexity index is 213. The summed E-state index contributed by atoms with van der Waals surface area (Å²) in [6, 6.07) is 0. The van der Waals surface area contributed by atoms with Crippen molar-refractivity contribution in [1.29, 1.82) is 0 Å². The molecule has 80 valence electrons. The molecule has 14 heavy (non-hydrogen) atoms. The number of aldehydes is 1. The van der Waals surface area contributed by atoms with Crippen LogP contribution < -0.4 is 5.32 Å². The molecule has 1 spiro atoms. The van der Waals surface area contributed by atoms with Crippen molar-refractivity contribution >= 4 is 6.29 Å². The Labute approximate surface area is 84.6 Å². The first-order valence-corrected chi connectivity index (χ1v) is 5.08. The van der Waals surface area contributed by atoms with Crippen LogP contribution in [-0.4, -0.2) is 24.0 Å². The lowest BCUT2D eigenvalue weighted by Gasteiger charge is -2.22. The molecule has 0 unspecified atom stereocenters. The molecule has 1 aliphatic carbocycles. The average Bonchev–Trinajstić information content (AvgIpc) is 2.80. The Balaban J connectivity index is 0.000000461. The lowest BCUT2D eigenvalue weighted by atomic mass is 9.90. The highest BCUT2D eigenvalue weighted by molar-refractivity contribution is 5.64. The van der Waals surface area contributed by atoms with Crippen LogP contribution in [0.3, 0.4) is 0 Å². The summed E-state index contributed by atoms with van der Waals surface area (Å²) in [6.07, 6.45) is 5.26. The minimum absolute atomic E-state index is 0.0321. The van der Waals surface area contributed by atoms with E-state index in [2.05, 4.69) is 18.5 Å². The fourth-order valence-corrected chi connectivity index (χ4v) is 2.51. The number of hydrogen-bond donors (Lipinski definition) is 1. The molecular weight excluding hydrogens is 181 g/mol. The van der Waals surface area contributed by atoms with Gasteiger partial charge in [0.1, 0.15) is 0 Å². The van der Waals surface area contributed by atoms with Crippen LogP contribution in [0.1, 0.15) is 32.1 Å². The van der Waals surface area contributed by atoms with Gasteiger partial charge >= 0.3 is 0 Å². The minimum atomic E-state index is -1.58. The topological polar surface area (TPSA) is 29.1 Å². The second-order valence-corrected chi connectivity index (χ2v) is 4.17. The number of alkyl halides is 1. The summed E-state index contributed by atoms with van der Waals surface area (Å²) in [5.41, 5.74) is -1.61. The first kappa shape index (κ1) is 11.4. The van der Waals surface area contributed by atoms with Crippen molar-refractivity contribution in [2.45, 2.75) is 43.3 Å². The van der Waals surface area contributed by atoms with E-state index in [4.69, 9.17) is 0 Å². The molecule has 0 aromatic heterocycles. The molecule has 2 fully saturated rings. The highest BCUT2D eigenvalue weighted by atomic mass is 19.1. The van der Waals surface area contributed by atoms with Gasteiger partial charge in [-0.25, -0.2) is 4.39 Å². The number of halogens is 1. The van der Waals surface area contributed by atoms with E-state index in [1.807, 2.05) is 0 Å². The summed E-state index contributed by atoms with van der Waals surface area (Å²) in [4.78, 5) is 10.5. The van der Waals surface area contributed by atoms with Gasteiger partial charge in [-0.3, -0.25) is 4.79 Å². The second kappa shape index (κ2) is 4.22. The fraction of sp³-hybridized carbons (Fsp3) is 0.727. The van der Waals surface area contributed by atoms with Crippen molar-refractivity contribution < 1.29 is 9.18 Å². The smallest absolute Gasteiger partial charge is 0.179 e.